The summed E-state index contributed by atoms with van der Waals surface area (Å²) in [5.41, 5.74) is 1.56. The molecule has 0 aromatic heterocycles. The van der Waals surface area contributed by atoms with E-state index in [2.05, 4.69) is 10.2 Å². The minimum absolute atomic E-state index is 0.0558. The Morgan fingerprint density at radius 1 is 1.00 bits per heavy atom. The van der Waals surface area contributed by atoms with Crippen LogP contribution < -0.4 is 10.2 Å². The summed E-state index contributed by atoms with van der Waals surface area (Å²) in [5, 5.41) is 2.63. The van der Waals surface area contributed by atoms with E-state index in [1.807, 2.05) is 12.1 Å². The summed E-state index contributed by atoms with van der Waals surface area (Å²) in [6, 6.07) is 10.0. The van der Waals surface area contributed by atoms with Crippen molar-refractivity contribution in [2.24, 2.45) is 0 Å². The van der Waals surface area contributed by atoms with Gasteiger partial charge in [0.15, 0.2) is 0 Å². The van der Waals surface area contributed by atoms with Crippen molar-refractivity contribution in [2.45, 2.75) is 0 Å². The minimum Gasteiger partial charge on any atom is -0.378 e. The SMILES string of the molecule is O=C(Nc1ccc(N2CCOCC2)cc1)c1cc(F)cc(F)c1. The van der Waals surface area contributed by atoms with Crippen molar-refractivity contribution >= 4 is 17.3 Å². The van der Waals surface area contributed by atoms with Gasteiger partial charge in [0.25, 0.3) is 5.91 Å². The van der Waals surface area contributed by atoms with Gasteiger partial charge in [0.2, 0.25) is 0 Å². The van der Waals surface area contributed by atoms with Gasteiger partial charge in [-0.1, -0.05) is 0 Å². The third-order valence-electron chi connectivity index (χ3n) is 3.63. The molecule has 1 N–H and O–H groups in total. The summed E-state index contributed by atoms with van der Waals surface area (Å²) >= 11 is 0. The summed E-state index contributed by atoms with van der Waals surface area (Å²) in [6.45, 7) is 3.05. The lowest BCUT2D eigenvalue weighted by atomic mass is 10.2. The Kier molecular flexibility index (Phi) is 4.52. The van der Waals surface area contributed by atoms with Crippen LogP contribution in [0.15, 0.2) is 42.5 Å². The molecule has 0 aliphatic carbocycles. The molecular weight excluding hydrogens is 302 g/mol. The first-order valence-corrected chi connectivity index (χ1v) is 7.32. The molecule has 0 atom stereocenters. The highest BCUT2D eigenvalue weighted by Crippen LogP contribution is 2.19. The average molecular weight is 318 g/mol. The minimum atomic E-state index is -0.780. The van der Waals surface area contributed by atoms with Gasteiger partial charge in [-0.25, -0.2) is 8.78 Å². The number of nitrogens with one attached hydrogen (secondary N) is 1. The lowest BCUT2D eigenvalue weighted by Crippen LogP contribution is -2.36. The van der Waals surface area contributed by atoms with Crippen LogP contribution >= 0.6 is 0 Å². The van der Waals surface area contributed by atoms with Crippen LogP contribution in [0.2, 0.25) is 0 Å². The number of ether oxygens (including phenoxy) is 1. The molecule has 0 saturated carbocycles. The Hall–Kier alpha value is -2.47. The van der Waals surface area contributed by atoms with E-state index in [1.165, 1.54) is 0 Å². The number of amides is 1. The summed E-state index contributed by atoms with van der Waals surface area (Å²) in [7, 11) is 0. The van der Waals surface area contributed by atoms with E-state index in [-0.39, 0.29) is 5.56 Å². The Balaban J connectivity index is 1.68. The number of benzene rings is 2. The topological polar surface area (TPSA) is 41.6 Å². The summed E-state index contributed by atoms with van der Waals surface area (Å²) < 4.78 is 31.6. The molecule has 1 heterocycles. The molecule has 3 rings (SSSR count). The summed E-state index contributed by atoms with van der Waals surface area (Å²) in [4.78, 5) is 14.2. The standard InChI is InChI=1S/C17H16F2N2O2/c18-13-9-12(10-14(19)11-13)17(22)20-15-1-3-16(4-2-15)21-5-7-23-8-6-21/h1-4,9-11H,5-8H2,(H,20,22). The second-order valence-electron chi connectivity index (χ2n) is 5.26. The van der Waals surface area contributed by atoms with E-state index in [1.54, 1.807) is 12.1 Å². The van der Waals surface area contributed by atoms with Crippen LogP contribution in [0.3, 0.4) is 0 Å². The maximum atomic E-state index is 13.2. The molecule has 0 bridgehead atoms. The van der Waals surface area contributed by atoms with Crippen LogP contribution in [0.5, 0.6) is 0 Å². The van der Waals surface area contributed by atoms with Gasteiger partial charge >= 0.3 is 0 Å². The number of rotatable bonds is 3. The first-order chi connectivity index (χ1) is 11.1. The van der Waals surface area contributed by atoms with E-state index in [0.29, 0.717) is 18.9 Å². The molecule has 1 amide bonds. The molecule has 0 unspecified atom stereocenters. The highest BCUT2D eigenvalue weighted by molar-refractivity contribution is 6.04. The number of halogens is 2. The van der Waals surface area contributed by atoms with Crippen molar-refractivity contribution in [1.29, 1.82) is 0 Å². The Morgan fingerprint density at radius 2 is 1.61 bits per heavy atom. The van der Waals surface area contributed by atoms with Crippen LogP contribution in [-0.4, -0.2) is 32.2 Å². The lowest BCUT2D eigenvalue weighted by Gasteiger charge is -2.28. The molecule has 120 valence electrons. The first kappa shape index (κ1) is 15.4. The molecule has 1 aliphatic heterocycles. The van der Waals surface area contributed by atoms with Crippen molar-refractivity contribution in [3.05, 3.63) is 59.7 Å². The van der Waals surface area contributed by atoms with Crippen LogP contribution in [0.25, 0.3) is 0 Å². The van der Waals surface area contributed by atoms with E-state index in [0.717, 1.165) is 37.0 Å². The number of morpholine rings is 1. The zero-order valence-corrected chi connectivity index (χ0v) is 12.4. The monoisotopic (exact) mass is 318 g/mol. The zero-order valence-electron chi connectivity index (χ0n) is 12.4. The number of hydrogen-bond donors (Lipinski definition) is 1. The molecular formula is C17H16F2N2O2. The molecule has 2 aromatic carbocycles. The van der Waals surface area contributed by atoms with Crippen molar-refractivity contribution in [3.63, 3.8) is 0 Å². The average Bonchev–Trinajstić information content (AvgIpc) is 2.55. The van der Waals surface area contributed by atoms with Gasteiger partial charge in [-0.3, -0.25) is 4.79 Å². The van der Waals surface area contributed by atoms with Gasteiger partial charge < -0.3 is 15.0 Å². The summed E-state index contributed by atoms with van der Waals surface area (Å²) in [6.07, 6.45) is 0. The molecule has 6 heteroatoms. The lowest BCUT2D eigenvalue weighted by molar-refractivity contribution is 0.102. The van der Waals surface area contributed by atoms with Crippen LogP contribution in [0.1, 0.15) is 10.4 Å². The van der Waals surface area contributed by atoms with Gasteiger partial charge in [0.1, 0.15) is 11.6 Å². The number of carbonyl (C=O) groups is 1. The maximum absolute atomic E-state index is 13.2. The molecule has 2 aromatic rings. The Morgan fingerprint density at radius 3 is 2.22 bits per heavy atom. The van der Waals surface area contributed by atoms with Crippen molar-refractivity contribution < 1.29 is 18.3 Å². The molecule has 0 spiro atoms. The quantitative estimate of drug-likeness (QED) is 0.946. The third-order valence-corrected chi connectivity index (χ3v) is 3.63. The molecule has 1 aliphatic rings. The molecule has 1 fully saturated rings. The maximum Gasteiger partial charge on any atom is 0.255 e. The Labute approximate surface area is 132 Å². The second kappa shape index (κ2) is 6.75. The van der Waals surface area contributed by atoms with E-state index >= 15 is 0 Å². The van der Waals surface area contributed by atoms with Crippen LogP contribution in [0, 0.1) is 11.6 Å². The fraction of sp³-hybridized carbons (Fsp3) is 0.235. The van der Waals surface area contributed by atoms with Crippen LogP contribution in [-0.2, 0) is 4.74 Å². The van der Waals surface area contributed by atoms with Crippen molar-refractivity contribution in [3.8, 4) is 0 Å². The van der Waals surface area contributed by atoms with Gasteiger partial charge in [-0.15, -0.1) is 0 Å². The predicted molar refractivity (Wildman–Crippen MR) is 83.8 cm³/mol. The number of nitrogens with zero attached hydrogens (tertiary/aromatic N) is 1. The third kappa shape index (κ3) is 3.84. The Bertz CT molecular complexity index is 678. The van der Waals surface area contributed by atoms with Gasteiger partial charge in [0, 0.05) is 36.1 Å². The fourth-order valence-corrected chi connectivity index (χ4v) is 2.47. The van der Waals surface area contributed by atoms with E-state index in [4.69, 9.17) is 4.74 Å². The van der Waals surface area contributed by atoms with Gasteiger partial charge in [-0.05, 0) is 36.4 Å². The van der Waals surface area contributed by atoms with E-state index in [9.17, 15) is 13.6 Å². The highest BCUT2D eigenvalue weighted by atomic mass is 19.1. The zero-order chi connectivity index (χ0) is 16.2. The van der Waals surface area contributed by atoms with Gasteiger partial charge in [-0.2, -0.15) is 0 Å². The van der Waals surface area contributed by atoms with Crippen molar-refractivity contribution in [1.82, 2.24) is 0 Å². The fourth-order valence-electron chi connectivity index (χ4n) is 2.47. The first-order valence-electron chi connectivity index (χ1n) is 7.32. The predicted octanol–water partition coefficient (Wildman–Crippen LogP) is 3.05. The highest BCUT2D eigenvalue weighted by Gasteiger charge is 2.12. The smallest absolute Gasteiger partial charge is 0.255 e. The molecule has 4 nitrogen and oxygen atoms in total. The normalized spacial score (nSPS) is 14.6. The molecule has 1 saturated heterocycles. The molecule has 0 radical (unpaired) electrons. The van der Waals surface area contributed by atoms with Crippen molar-refractivity contribution in [2.75, 3.05) is 36.5 Å². The van der Waals surface area contributed by atoms with Crippen LogP contribution in [0.4, 0.5) is 20.2 Å². The number of hydrogen-bond acceptors (Lipinski definition) is 3. The largest absolute Gasteiger partial charge is 0.378 e. The second-order valence-corrected chi connectivity index (χ2v) is 5.26. The summed E-state index contributed by atoms with van der Waals surface area (Å²) in [5.74, 6) is -2.11. The molecule has 23 heavy (non-hydrogen) atoms. The van der Waals surface area contributed by atoms with Gasteiger partial charge in [0.05, 0.1) is 13.2 Å². The number of carbonyl (C=O) groups excluding carboxylic acids is 1. The number of anilines is 2. The van der Waals surface area contributed by atoms with E-state index < -0.39 is 17.5 Å².